The highest BCUT2D eigenvalue weighted by atomic mass is 35.5. The second kappa shape index (κ2) is 4.86. The van der Waals surface area contributed by atoms with Crippen molar-refractivity contribution in [3.8, 4) is 5.75 Å². The largest absolute Gasteiger partial charge is 0.482 e. The molecule has 3 rings (SSSR count). The van der Waals surface area contributed by atoms with Crippen LogP contribution in [0.3, 0.4) is 0 Å². The van der Waals surface area contributed by atoms with Crippen LogP contribution in [0.1, 0.15) is 11.1 Å². The number of rotatable bonds is 2. The molecule has 2 aliphatic rings. The van der Waals surface area contributed by atoms with Crippen LogP contribution in [0.4, 0.5) is 5.69 Å². The van der Waals surface area contributed by atoms with Gasteiger partial charge in [-0.2, -0.15) is 5.11 Å². The molecular weight excluding hydrogens is 280 g/mol. The third-order valence-electron chi connectivity index (χ3n) is 3.34. The van der Waals surface area contributed by atoms with Crippen molar-refractivity contribution in [2.45, 2.75) is 13.8 Å². The molecule has 1 amide bonds. The molecule has 1 aromatic carbocycles. The number of nitrogens with zero attached hydrogens (tertiary/aromatic N) is 4. The fraction of sp³-hybridized carbons (Fsp3) is 0.385. The van der Waals surface area contributed by atoms with Crippen LogP contribution < -0.4 is 9.64 Å². The zero-order chi connectivity index (χ0) is 14.3. The van der Waals surface area contributed by atoms with Crippen LogP contribution in [0.2, 0.25) is 5.02 Å². The molecule has 104 valence electrons. The van der Waals surface area contributed by atoms with Gasteiger partial charge >= 0.3 is 0 Å². The van der Waals surface area contributed by atoms with Crippen LogP contribution in [0.25, 0.3) is 0 Å². The molecule has 0 fully saturated rings. The average Bonchev–Trinajstić information content (AvgIpc) is 2.92. The van der Waals surface area contributed by atoms with Gasteiger partial charge in [0.2, 0.25) is 0 Å². The number of ether oxygens (including phenoxy) is 1. The van der Waals surface area contributed by atoms with Crippen molar-refractivity contribution in [2.75, 3.05) is 24.7 Å². The number of azo groups is 1. The Morgan fingerprint density at radius 1 is 1.45 bits per heavy atom. The summed E-state index contributed by atoms with van der Waals surface area (Å²) in [6.45, 7) is 4.42. The van der Waals surface area contributed by atoms with Crippen LogP contribution >= 0.6 is 11.6 Å². The summed E-state index contributed by atoms with van der Waals surface area (Å²) >= 11 is 6.28. The summed E-state index contributed by atoms with van der Waals surface area (Å²) in [5, 5.41) is 8.35. The van der Waals surface area contributed by atoms with Gasteiger partial charge in [0.05, 0.1) is 12.2 Å². The van der Waals surface area contributed by atoms with E-state index >= 15 is 0 Å². The van der Waals surface area contributed by atoms with E-state index in [-0.39, 0.29) is 12.5 Å². The number of fused-ring (bicyclic) bond motifs is 1. The third-order valence-corrected chi connectivity index (χ3v) is 3.92. The first-order chi connectivity index (χ1) is 9.58. The van der Waals surface area contributed by atoms with E-state index in [4.69, 9.17) is 16.3 Å². The van der Waals surface area contributed by atoms with Crippen LogP contribution in [-0.4, -0.2) is 31.6 Å². The van der Waals surface area contributed by atoms with Crippen LogP contribution in [0, 0.1) is 13.8 Å². The summed E-state index contributed by atoms with van der Waals surface area (Å²) in [7, 11) is 0. The van der Waals surface area contributed by atoms with Crippen LogP contribution in [0.5, 0.6) is 5.75 Å². The Morgan fingerprint density at radius 2 is 2.25 bits per heavy atom. The maximum Gasteiger partial charge on any atom is 0.265 e. The maximum absolute atomic E-state index is 12.1. The van der Waals surface area contributed by atoms with Gasteiger partial charge in [0.15, 0.2) is 19.1 Å². The smallest absolute Gasteiger partial charge is 0.265 e. The first-order valence-corrected chi connectivity index (χ1v) is 6.59. The molecule has 6 nitrogen and oxygen atoms in total. The van der Waals surface area contributed by atoms with E-state index in [1.165, 1.54) is 0 Å². The molecule has 0 unspecified atom stereocenters. The molecule has 0 bridgehead atoms. The fourth-order valence-corrected chi connectivity index (χ4v) is 2.49. The Kier molecular flexibility index (Phi) is 3.17. The lowest BCUT2D eigenvalue weighted by Crippen LogP contribution is -2.42. The number of benzene rings is 1. The van der Waals surface area contributed by atoms with Crippen molar-refractivity contribution in [2.24, 2.45) is 15.2 Å². The Morgan fingerprint density at radius 3 is 2.95 bits per heavy atom. The molecule has 1 aromatic rings. The van der Waals surface area contributed by atoms with Crippen molar-refractivity contribution in [3.63, 3.8) is 0 Å². The van der Waals surface area contributed by atoms with Crippen molar-refractivity contribution in [3.05, 3.63) is 22.2 Å². The van der Waals surface area contributed by atoms with Crippen molar-refractivity contribution < 1.29 is 9.53 Å². The standard InChI is InChI=1S/C13H13ClN4O2/c1-7-3-9-13(8(2)12(7)14)18(11(19)5-20-9)4-10-15-6-16-17-10/h3H,4-6H2,1-2H3. The number of anilines is 1. The highest BCUT2D eigenvalue weighted by Gasteiger charge is 2.30. The van der Waals surface area contributed by atoms with Crippen LogP contribution in [0.15, 0.2) is 21.3 Å². The van der Waals surface area contributed by atoms with Gasteiger partial charge in [-0.3, -0.25) is 9.69 Å². The van der Waals surface area contributed by atoms with Crippen molar-refractivity contribution in [1.82, 2.24) is 0 Å². The van der Waals surface area contributed by atoms with Gasteiger partial charge in [-0.25, -0.2) is 4.99 Å². The minimum atomic E-state index is -0.134. The van der Waals surface area contributed by atoms with E-state index in [0.717, 1.165) is 11.1 Å². The van der Waals surface area contributed by atoms with E-state index in [1.807, 2.05) is 19.9 Å². The summed E-state index contributed by atoms with van der Waals surface area (Å²) in [5.41, 5.74) is 2.45. The lowest BCUT2D eigenvalue weighted by atomic mass is 10.1. The molecule has 0 saturated heterocycles. The SMILES string of the molecule is Cc1cc2c(c(C)c1Cl)N(CC1=NCN=N1)C(=O)CO2. The molecule has 0 spiro atoms. The second-order valence-corrected chi connectivity index (χ2v) is 5.08. The highest BCUT2D eigenvalue weighted by molar-refractivity contribution is 6.32. The molecule has 0 aromatic heterocycles. The second-order valence-electron chi connectivity index (χ2n) is 4.70. The number of aliphatic imine (C=N–C) groups is 1. The zero-order valence-electron chi connectivity index (χ0n) is 11.2. The lowest BCUT2D eigenvalue weighted by Gasteiger charge is -2.31. The van der Waals surface area contributed by atoms with Crippen molar-refractivity contribution in [1.29, 1.82) is 0 Å². The van der Waals surface area contributed by atoms with Crippen molar-refractivity contribution >= 4 is 29.0 Å². The number of hydrogen-bond donors (Lipinski definition) is 0. The quantitative estimate of drug-likeness (QED) is 0.840. The van der Waals surface area contributed by atoms with Gasteiger partial charge in [0.25, 0.3) is 5.91 Å². The van der Waals surface area contributed by atoms with E-state index in [1.54, 1.807) is 4.90 Å². The number of amidine groups is 1. The predicted octanol–water partition coefficient (Wildman–Crippen LogP) is 2.50. The van der Waals surface area contributed by atoms with Gasteiger partial charge in [-0.1, -0.05) is 11.6 Å². The Hall–Kier alpha value is -1.95. The van der Waals surface area contributed by atoms with E-state index < -0.39 is 0 Å². The molecule has 7 heteroatoms. The fourth-order valence-electron chi connectivity index (χ4n) is 2.35. The van der Waals surface area contributed by atoms with Gasteiger partial charge in [0, 0.05) is 5.02 Å². The van der Waals surface area contributed by atoms with Crippen LogP contribution in [-0.2, 0) is 4.79 Å². The molecule has 2 heterocycles. The number of carbonyl (C=O) groups excluding carboxylic acids is 1. The summed E-state index contributed by atoms with van der Waals surface area (Å²) in [4.78, 5) is 17.9. The molecule has 2 aliphatic heterocycles. The first-order valence-electron chi connectivity index (χ1n) is 6.21. The van der Waals surface area contributed by atoms with Gasteiger partial charge < -0.3 is 4.74 Å². The minimum Gasteiger partial charge on any atom is -0.482 e. The van der Waals surface area contributed by atoms with E-state index in [0.29, 0.717) is 35.5 Å². The lowest BCUT2D eigenvalue weighted by molar-refractivity contribution is -0.121. The highest BCUT2D eigenvalue weighted by Crippen LogP contribution is 2.40. The summed E-state index contributed by atoms with van der Waals surface area (Å²) in [6.07, 6.45) is 0. The number of aryl methyl sites for hydroxylation is 1. The molecular formula is C13H13ClN4O2. The molecule has 0 aliphatic carbocycles. The molecule has 0 saturated carbocycles. The van der Waals surface area contributed by atoms with Gasteiger partial charge in [-0.05, 0) is 31.0 Å². The predicted molar refractivity (Wildman–Crippen MR) is 75.9 cm³/mol. The Balaban J connectivity index is 2.06. The normalized spacial score (nSPS) is 17.1. The molecule has 0 N–H and O–H groups in total. The Labute approximate surface area is 121 Å². The topological polar surface area (TPSA) is 66.6 Å². The minimum absolute atomic E-state index is 0.0118. The number of carbonyl (C=O) groups is 1. The molecule has 0 radical (unpaired) electrons. The van der Waals surface area contributed by atoms with E-state index in [2.05, 4.69) is 15.2 Å². The molecule has 20 heavy (non-hydrogen) atoms. The number of hydrogen-bond acceptors (Lipinski definition) is 5. The zero-order valence-corrected chi connectivity index (χ0v) is 11.9. The monoisotopic (exact) mass is 292 g/mol. The van der Waals surface area contributed by atoms with Gasteiger partial charge in [0.1, 0.15) is 5.75 Å². The summed E-state index contributed by atoms with van der Waals surface area (Å²) in [6, 6.07) is 1.85. The maximum atomic E-state index is 12.1. The molecule has 0 atom stereocenters. The average molecular weight is 293 g/mol. The summed E-state index contributed by atoms with van der Waals surface area (Å²) in [5.74, 6) is 1.08. The number of amides is 1. The Bertz CT molecular complexity index is 654. The number of halogens is 1. The first kappa shape index (κ1) is 13.1. The van der Waals surface area contributed by atoms with Gasteiger partial charge in [-0.15, -0.1) is 5.11 Å². The van der Waals surface area contributed by atoms with E-state index in [9.17, 15) is 4.79 Å². The summed E-state index contributed by atoms with van der Waals surface area (Å²) < 4.78 is 5.50. The third kappa shape index (κ3) is 2.06.